The lowest BCUT2D eigenvalue weighted by molar-refractivity contribution is 1.06. The number of nitrogens with two attached hydrogens (primary N) is 1. The van der Waals surface area contributed by atoms with E-state index < -0.39 is 0 Å². The van der Waals surface area contributed by atoms with Gasteiger partial charge < -0.3 is 5.73 Å². The van der Waals surface area contributed by atoms with Crippen molar-refractivity contribution in [3.05, 3.63) is 27.3 Å². The maximum absolute atomic E-state index is 5.45. The van der Waals surface area contributed by atoms with Crippen LogP contribution in [0.15, 0.2) is 23.1 Å². The van der Waals surface area contributed by atoms with Gasteiger partial charge in [-0.05, 0) is 46.4 Å². The molecule has 0 spiro atoms. The SMILES string of the molecule is NCc1cc(S)cc(I)c1. The van der Waals surface area contributed by atoms with Crippen molar-refractivity contribution >= 4 is 35.2 Å². The molecule has 0 aliphatic rings. The van der Waals surface area contributed by atoms with Gasteiger partial charge in [0.2, 0.25) is 0 Å². The molecular formula is C7H8INS. The zero-order valence-corrected chi connectivity index (χ0v) is 8.39. The number of rotatable bonds is 1. The topological polar surface area (TPSA) is 26.0 Å². The van der Waals surface area contributed by atoms with Crippen molar-refractivity contribution in [2.75, 3.05) is 0 Å². The predicted octanol–water partition coefficient (Wildman–Crippen LogP) is 2.04. The van der Waals surface area contributed by atoms with Gasteiger partial charge in [-0.25, -0.2) is 0 Å². The average molecular weight is 265 g/mol. The Bertz CT molecular complexity index is 217. The average Bonchev–Trinajstić information content (AvgIpc) is 1.85. The normalized spacial score (nSPS) is 9.90. The van der Waals surface area contributed by atoms with Gasteiger partial charge in [0.1, 0.15) is 0 Å². The molecule has 0 aromatic heterocycles. The molecule has 1 nitrogen and oxygen atoms in total. The molecule has 0 aliphatic carbocycles. The molecule has 1 aromatic rings. The van der Waals surface area contributed by atoms with E-state index in [1.54, 1.807) is 0 Å². The van der Waals surface area contributed by atoms with Crippen LogP contribution in [0.2, 0.25) is 0 Å². The van der Waals surface area contributed by atoms with Crippen molar-refractivity contribution in [2.24, 2.45) is 5.73 Å². The Balaban J connectivity index is 3.06. The van der Waals surface area contributed by atoms with Crippen LogP contribution in [-0.4, -0.2) is 0 Å². The molecule has 0 aliphatic heterocycles. The second-order valence-corrected chi connectivity index (χ2v) is 3.78. The van der Waals surface area contributed by atoms with E-state index in [0.29, 0.717) is 6.54 Å². The van der Waals surface area contributed by atoms with E-state index in [-0.39, 0.29) is 0 Å². The molecule has 10 heavy (non-hydrogen) atoms. The van der Waals surface area contributed by atoms with Crippen molar-refractivity contribution in [1.29, 1.82) is 0 Å². The fourth-order valence-electron chi connectivity index (χ4n) is 0.751. The number of thiol groups is 1. The summed E-state index contributed by atoms with van der Waals surface area (Å²) in [5.41, 5.74) is 6.59. The highest BCUT2D eigenvalue weighted by Crippen LogP contribution is 2.14. The molecule has 2 N–H and O–H groups in total. The number of hydrogen-bond acceptors (Lipinski definition) is 2. The van der Waals surface area contributed by atoms with Gasteiger partial charge in [-0.2, -0.15) is 0 Å². The lowest BCUT2D eigenvalue weighted by Gasteiger charge is -1.98. The van der Waals surface area contributed by atoms with E-state index in [0.717, 1.165) is 10.5 Å². The Morgan fingerprint density at radius 2 is 2.10 bits per heavy atom. The molecule has 0 radical (unpaired) electrons. The quantitative estimate of drug-likeness (QED) is 0.589. The fourth-order valence-corrected chi connectivity index (χ4v) is 2.04. The van der Waals surface area contributed by atoms with E-state index >= 15 is 0 Å². The predicted molar refractivity (Wildman–Crippen MR) is 54.3 cm³/mol. The standard InChI is InChI=1S/C7H8INS/c8-6-1-5(4-9)2-7(10)3-6/h1-3,10H,4,9H2. The number of benzene rings is 1. The van der Waals surface area contributed by atoms with Crippen molar-refractivity contribution in [3.8, 4) is 0 Å². The van der Waals surface area contributed by atoms with Gasteiger partial charge in [0.15, 0.2) is 0 Å². The van der Waals surface area contributed by atoms with Crippen LogP contribution in [0.5, 0.6) is 0 Å². The maximum Gasteiger partial charge on any atom is 0.0178 e. The minimum absolute atomic E-state index is 0.588. The molecule has 0 unspecified atom stereocenters. The Labute approximate surface area is 79.6 Å². The summed E-state index contributed by atoms with van der Waals surface area (Å²) in [6.45, 7) is 0.588. The van der Waals surface area contributed by atoms with Gasteiger partial charge in [-0.1, -0.05) is 0 Å². The van der Waals surface area contributed by atoms with Crippen LogP contribution >= 0.6 is 35.2 Å². The summed E-state index contributed by atoms with van der Waals surface area (Å²) in [4.78, 5) is 0.979. The summed E-state index contributed by atoms with van der Waals surface area (Å²) in [6, 6.07) is 6.04. The molecule has 3 heteroatoms. The van der Waals surface area contributed by atoms with Crippen molar-refractivity contribution in [2.45, 2.75) is 11.4 Å². The minimum Gasteiger partial charge on any atom is -0.326 e. The minimum atomic E-state index is 0.588. The Morgan fingerprint density at radius 3 is 2.60 bits per heavy atom. The first-order valence-electron chi connectivity index (χ1n) is 2.91. The number of hydrogen-bond donors (Lipinski definition) is 2. The Morgan fingerprint density at radius 1 is 1.40 bits per heavy atom. The van der Waals surface area contributed by atoms with Crippen molar-refractivity contribution in [3.63, 3.8) is 0 Å². The van der Waals surface area contributed by atoms with Crippen LogP contribution in [-0.2, 0) is 6.54 Å². The highest BCUT2D eigenvalue weighted by Gasteiger charge is 1.93. The molecule has 0 atom stereocenters. The smallest absolute Gasteiger partial charge is 0.0178 e. The molecule has 0 saturated heterocycles. The van der Waals surface area contributed by atoms with E-state index in [1.807, 2.05) is 12.1 Å². The van der Waals surface area contributed by atoms with E-state index in [9.17, 15) is 0 Å². The van der Waals surface area contributed by atoms with E-state index in [2.05, 4.69) is 41.3 Å². The zero-order valence-electron chi connectivity index (χ0n) is 5.34. The summed E-state index contributed by atoms with van der Waals surface area (Å²) < 4.78 is 1.19. The Kier molecular flexibility index (Phi) is 3.00. The third-order valence-corrected chi connectivity index (χ3v) is 2.06. The molecule has 0 bridgehead atoms. The molecule has 1 aromatic carbocycles. The van der Waals surface area contributed by atoms with Gasteiger partial charge in [0, 0.05) is 15.0 Å². The molecule has 0 amide bonds. The highest BCUT2D eigenvalue weighted by molar-refractivity contribution is 14.1. The lowest BCUT2D eigenvalue weighted by Crippen LogP contribution is -1.96. The lowest BCUT2D eigenvalue weighted by atomic mass is 10.2. The summed E-state index contributed by atoms with van der Waals surface area (Å²) in [6.07, 6.45) is 0. The molecule has 0 fully saturated rings. The first kappa shape index (κ1) is 8.36. The van der Waals surface area contributed by atoms with Gasteiger partial charge in [-0.3, -0.25) is 0 Å². The van der Waals surface area contributed by atoms with E-state index in [4.69, 9.17) is 5.73 Å². The summed E-state index contributed by atoms with van der Waals surface area (Å²) in [7, 11) is 0. The summed E-state index contributed by atoms with van der Waals surface area (Å²) >= 11 is 6.47. The van der Waals surface area contributed by atoms with Gasteiger partial charge >= 0.3 is 0 Å². The van der Waals surface area contributed by atoms with E-state index in [1.165, 1.54) is 3.57 Å². The molecular weight excluding hydrogens is 257 g/mol. The molecule has 0 heterocycles. The van der Waals surface area contributed by atoms with Crippen LogP contribution < -0.4 is 5.73 Å². The van der Waals surface area contributed by atoms with Crippen molar-refractivity contribution < 1.29 is 0 Å². The largest absolute Gasteiger partial charge is 0.326 e. The monoisotopic (exact) mass is 265 g/mol. The first-order valence-corrected chi connectivity index (χ1v) is 4.43. The highest BCUT2D eigenvalue weighted by atomic mass is 127. The van der Waals surface area contributed by atoms with Crippen molar-refractivity contribution in [1.82, 2.24) is 0 Å². The van der Waals surface area contributed by atoms with Gasteiger partial charge in [0.05, 0.1) is 0 Å². The third-order valence-electron chi connectivity index (χ3n) is 1.18. The van der Waals surface area contributed by atoms with Crippen LogP contribution in [0.25, 0.3) is 0 Å². The number of halogens is 1. The first-order chi connectivity index (χ1) is 4.72. The zero-order chi connectivity index (χ0) is 7.56. The van der Waals surface area contributed by atoms with Gasteiger partial charge in [0.25, 0.3) is 0 Å². The molecule has 0 saturated carbocycles. The second kappa shape index (κ2) is 3.59. The molecule has 54 valence electrons. The van der Waals surface area contributed by atoms with Crippen LogP contribution in [0, 0.1) is 3.57 Å². The second-order valence-electron chi connectivity index (χ2n) is 2.02. The Hall–Kier alpha value is 0.260. The summed E-state index contributed by atoms with van der Waals surface area (Å²) in [5.74, 6) is 0. The third kappa shape index (κ3) is 2.14. The van der Waals surface area contributed by atoms with Gasteiger partial charge in [-0.15, -0.1) is 12.6 Å². The maximum atomic E-state index is 5.45. The summed E-state index contributed by atoms with van der Waals surface area (Å²) in [5, 5.41) is 0. The van der Waals surface area contributed by atoms with Crippen LogP contribution in [0.4, 0.5) is 0 Å². The van der Waals surface area contributed by atoms with Crippen LogP contribution in [0.3, 0.4) is 0 Å². The molecule has 1 rings (SSSR count). The fraction of sp³-hybridized carbons (Fsp3) is 0.143. The van der Waals surface area contributed by atoms with Crippen LogP contribution in [0.1, 0.15) is 5.56 Å².